The fourth-order valence-electron chi connectivity index (χ4n) is 3.08. The van der Waals surface area contributed by atoms with Gasteiger partial charge in [0.25, 0.3) is 0 Å². The number of methoxy groups -OCH3 is 1. The van der Waals surface area contributed by atoms with E-state index < -0.39 is 0 Å². The summed E-state index contributed by atoms with van der Waals surface area (Å²) in [4.78, 5) is 14.3. The molecule has 1 atom stereocenters. The van der Waals surface area contributed by atoms with Crippen LogP contribution in [0.25, 0.3) is 0 Å². The minimum absolute atomic E-state index is 0.0383. The molecular formula is C14H29N3O2. The first kappa shape index (κ1) is 16.4. The Morgan fingerprint density at radius 2 is 2.11 bits per heavy atom. The molecule has 5 heteroatoms. The summed E-state index contributed by atoms with van der Waals surface area (Å²) in [5.74, 6) is 0.0612. The van der Waals surface area contributed by atoms with Crippen molar-refractivity contribution in [2.75, 3.05) is 33.4 Å². The normalized spacial score (nSPS) is 19.6. The van der Waals surface area contributed by atoms with Gasteiger partial charge in [-0.25, -0.2) is 0 Å². The lowest BCUT2D eigenvalue weighted by atomic mass is 9.95. The van der Waals surface area contributed by atoms with Crippen LogP contribution in [0.5, 0.6) is 0 Å². The summed E-state index contributed by atoms with van der Waals surface area (Å²) in [5, 5.41) is 2.96. The topological polar surface area (TPSA) is 67.6 Å². The quantitative estimate of drug-likeness (QED) is 0.683. The zero-order chi connectivity index (χ0) is 14.3. The Labute approximate surface area is 116 Å². The first-order valence-corrected chi connectivity index (χ1v) is 7.31. The van der Waals surface area contributed by atoms with E-state index in [1.165, 1.54) is 12.8 Å². The summed E-state index contributed by atoms with van der Waals surface area (Å²) in [6.07, 6.45) is 4.65. The van der Waals surface area contributed by atoms with Crippen molar-refractivity contribution in [3.8, 4) is 0 Å². The molecule has 0 saturated heterocycles. The van der Waals surface area contributed by atoms with Gasteiger partial charge in [-0.2, -0.15) is 0 Å². The second-order valence-electron chi connectivity index (χ2n) is 5.57. The van der Waals surface area contributed by atoms with Crippen molar-refractivity contribution in [1.29, 1.82) is 0 Å². The van der Waals surface area contributed by atoms with Gasteiger partial charge >= 0.3 is 0 Å². The van der Waals surface area contributed by atoms with Crippen LogP contribution in [0, 0.1) is 0 Å². The third-order valence-electron chi connectivity index (χ3n) is 4.13. The molecule has 1 amide bonds. The molecule has 0 bridgehead atoms. The van der Waals surface area contributed by atoms with Crippen molar-refractivity contribution in [2.45, 2.75) is 51.1 Å². The summed E-state index contributed by atoms with van der Waals surface area (Å²) in [5.41, 5.74) is 6.01. The van der Waals surface area contributed by atoms with Gasteiger partial charge in [-0.1, -0.05) is 19.8 Å². The lowest BCUT2D eigenvalue weighted by Gasteiger charge is -2.39. The average Bonchev–Trinajstić information content (AvgIpc) is 2.86. The number of nitrogens with one attached hydrogen (secondary N) is 1. The predicted molar refractivity (Wildman–Crippen MR) is 77.0 cm³/mol. The number of hydrogen-bond acceptors (Lipinski definition) is 4. The van der Waals surface area contributed by atoms with E-state index in [4.69, 9.17) is 10.5 Å². The van der Waals surface area contributed by atoms with Crippen LogP contribution < -0.4 is 11.1 Å². The first-order chi connectivity index (χ1) is 9.07. The van der Waals surface area contributed by atoms with Crippen LogP contribution in [0.15, 0.2) is 0 Å². The number of ether oxygens (including phenoxy) is 1. The Hall–Kier alpha value is -0.650. The van der Waals surface area contributed by atoms with Gasteiger partial charge in [0.2, 0.25) is 5.91 Å². The second-order valence-corrected chi connectivity index (χ2v) is 5.57. The molecule has 1 aliphatic carbocycles. The number of likely N-dealkylation sites (N-methyl/N-ethyl adjacent to an activating group) is 1. The van der Waals surface area contributed by atoms with Crippen molar-refractivity contribution in [3.05, 3.63) is 0 Å². The number of carbonyl (C=O) groups is 1. The maximum atomic E-state index is 12.1. The smallest absolute Gasteiger partial charge is 0.234 e. The van der Waals surface area contributed by atoms with Gasteiger partial charge in [-0.05, 0) is 26.3 Å². The molecular weight excluding hydrogens is 242 g/mol. The molecule has 1 unspecified atom stereocenters. The monoisotopic (exact) mass is 271 g/mol. The molecule has 0 aromatic rings. The van der Waals surface area contributed by atoms with Gasteiger partial charge < -0.3 is 15.8 Å². The third-order valence-corrected chi connectivity index (χ3v) is 4.13. The number of nitrogens with two attached hydrogens (primary N) is 1. The lowest BCUT2D eigenvalue weighted by Crippen LogP contribution is -2.55. The van der Waals surface area contributed by atoms with E-state index in [0.717, 1.165) is 19.4 Å². The molecule has 112 valence electrons. The molecule has 0 aliphatic heterocycles. The van der Waals surface area contributed by atoms with Gasteiger partial charge in [0.05, 0.1) is 13.2 Å². The van der Waals surface area contributed by atoms with E-state index in [1.54, 1.807) is 7.11 Å². The molecule has 3 N–H and O–H groups in total. The fourth-order valence-corrected chi connectivity index (χ4v) is 3.08. The molecule has 0 heterocycles. The molecule has 5 nitrogen and oxygen atoms in total. The number of amides is 1. The summed E-state index contributed by atoms with van der Waals surface area (Å²) in [7, 11) is 1.64. The molecule has 1 saturated carbocycles. The highest BCUT2D eigenvalue weighted by atomic mass is 16.5. The van der Waals surface area contributed by atoms with Crippen LogP contribution in [0.4, 0.5) is 0 Å². The summed E-state index contributed by atoms with van der Waals surface area (Å²) in [6.45, 7) is 6.53. The second kappa shape index (κ2) is 7.82. The Morgan fingerprint density at radius 3 is 2.58 bits per heavy atom. The third kappa shape index (κ3) is 4.44. The summed E-state index contributed by atoms with van der Waals surface area (Å²) < 4.78 is 5.03. The maximum absolute atomic E-state index is 12.1. The number of carbonyl (C=O) groups excluding carboxylic acids is 1. The molecule has 1 rings (SSSR count). The van der Waals surface area contributed by atoms with Crippen LogP contribution in [0.3, 0.4) is 0 Å². The number of rotatable bonds is 8. The lowest BCUT2D eigenvalue weighted by molar-refractivity contribution is -0.124. The fraction of sp³-hybridized carbons (Fsp3) is 0.929. The van der Waals surface area contributed by atoms with Gasteiger partial charge in [0.1, 0.15) is 0 Å². The predicted octanol–water partition coefficient (Wildman–Crippen LogP) is 0.731. The minimum Gasteiger partial charge on any atom is -0.383 e. The van der Waals surface area contributed by atoms with E-state index in [-0.39, 0.29) is 17.5 Å². The molecule has 0 aromatic heterocycles. The van der Waals surface area contributed by atoms with Crippen molar-refractivity contribution >= 4 is 5.91 Å². The number of hydrogen-bond donors (Lipinski definition) is 2. The van der Waals surface area contributed by atoms with Gasteiger partial charge in [0, 0.05) is 25.2 Å². The Kier molecular flexibility index (Phi) is 6.75. The van der Waals surface area contributed by atoms with E-state index in [1.807, 2.05) is 6.92 Å². The highest BCUT2D eigenvalue weighted by Gasteiger charge is 2.38. The van der Waals surface area contributed by atoms with Gasteiger partial charge in [-0.3, -0.25) is 9.69 Å². The molecule has 0 spiro atoms. The SMILES string of the molecule is CCN(CC(=O)NC(C)COC)C1(CN)CCCC1. The zero-order valence-electron chi connectivity index (χ0n) is 12.6. The minimum atomic E-state index is 0.0383. The van der Waals surface area contributed by atoms with Crippen molar-refractivity contribution in [2.24, 2.45) is 5.73 Å². The Morgan fingerprint density at radius 1 is 1.47 bits per heavy atom. The molecule has 1 fully saturated rings. The van der Waals surface area contributed by atoms with Gasteiger partial charge in [0.15, 0.2) is 0 Å². The standard InChI is InChI=1S/C14H29N3O2/c1-4-17(14(11-15)7-5-6-8-14)9-13(18)16-12(2)10-19-3/h12H,4-11,15H2,1-3H3,(H,16,18). The van der Waals surface area contributed by atoms with Crippen LogP contribution in [-0.2, 0) is 9.53 Å². The van der Waals surface area contributed by atoms with E-state index >= 15 is 0 Å². The van der Waals surface area contributed by atoms with Gasteiger partial charge in [-0.15, -0.1) is 0 Å². The van der Waals surface area contributed by atoms with Crippen LogP contribution in [0.2, 0.25) is 0 Å². The summed E-state index contributed by atoms with van der Waals surface area (Å²) >= 11 is 0. The van der Waals surface area contributed by atoms with Crippen LogP contribution in [0.1, 0.15) is 39.5 Å². The van der Waals surface area contributed by atoms with Crippen molar-refractivity contribution in [1.82, 2.24) is 10.2 Å². The Balaban J connectivity index is 2.53. The Bertz CT molecular complexity index is 278. The van der Waals surface area contributed by atoms with Crippen LogP contribution >= 0.6 is 0 Å². The van der Waals surface area contributed by atoms with Crippen molar-refractivity contribution in [3.63, 3.8) is 0 Å². The zero-order valence-corrected chi connectivity index (χ0v) is 12.6. The van der Waals surface area contributed by atoms with Crippen LogP contribution in [-0.4, -0.2) is 55.7 Å². The number of nitrogens with zero attached hydrogens (tertiary/aromatic N) is 1. The van der Waals surface area contributed by atoms with E-state index in [0.29, 0.717) is 19.7 Å². The largest absolute Gasteiger partial charge is 0.383 e. The molecule has 0 radical (unpaired) electrons. The average molecular weight is 271 g/mol. The first-order valence-electron chi connectivity index (χ1n) is 7.31. The maximum Gasteiger partial charge on any atom is 0.234 e. The highest BCUT2D eigenvalue weighted by Crippen LogP contribution is 2.34. The highest BCUT2D eigenvalue weighted by molar-refractivity contribution is 5.78. The van der Waals surface area contributed by atoms with E-state index in [2.05, 4.69) is 17.1 Å². The molecule has 19 heavy (non-hydrogen) atoms. The summed E-state index contributed by atoms with van der Waals surface area (Å²) in [6, 6.07) is 0.0496. The molecule has 0 aromatic carbocycles. The van der Waals surface area contributed by atoms with Crippen molar-refractivity contribution < 1.29 is 9.53 Å². The van der Waals surface area contributed by atoms with E-state index in [9.17, 15) is 4.79 Å². The molecule has 1 aliphatic rings.